The van der Waals surface area contributed by atoms with Crippen molar-refractivity contribution in [3.63, 3.8) is 0 Å². The Hall–Kier alpha value is -3.33. The zero-order chi connectivity index (χ0) is 25.0. The summed E-state index contributed by atoms with van der Waals surface area (Å²) >= 11 is 3.40. The first-order chi connectivity index (χ1) is 16.0. The molecule has 3 aromatic rings. The molecule has 8 nitrogen and oxygen atoms in total. The fraction of sp³-hybridized carbons (Fsp3) is 0.320. The maximum absolute atomic E-state index is 12.6. The molecular formula is C25H27BrN2O6. The van der Waals surface area contributed by atoms with Gasteiger partial charge in [0.15, 0.2) is 0 Å². The number of nitrogens with one attached hydrogen (secondary N) is 1. The van der Waals surface area contributed by atoms with Gasteiger partial charge in [0.05, 0.1) is 12.6 Å². The summed E-state index contributed by atoms with van der Waals surface area (Å²) in [5.74, 6) is -0.662. The van der Waals surface area contributed by atoms with Gasteiger partial charge in [0.2, 0.25) is 0 Å². The van der Waals surface area contributed by atoms with Crippen LogP contribution in [0.15, 0.2) is 53.0 Å². The van der Waals surface area contributed by atoms with E-state index in [2.05, 4.69) is 21.2 Å². The lowest BCUT2D eigenvalue weighted by atomic mass is 9.86. The van der Waals surface area contributed by atoms with Crippen LogP contribution in [0.25, 0.3) is 10.9 Å². The number of methoxy groups -OCH3 is 1. The van der Waals surface area contributed by atoms with Crippen LogP contribution >= 0.6 is 15.9 Å². The second-order valence-electron chi connectivity index (χ2n) is 8.84. The van der Waals surface area contributed by atoms with Crippen LogP contribution in [0.5, 0.6) is 0 Å². The number of esters is 1. The molecule has 0 saturated heterocycles. The summed E-state index contributed by atoms with van der Waals surface area (Å²) in [6.45, 7) is 5.73. The molecular weight excluding hydrogens is 504 g/mol. The van der Waals surface area contributed by atoms with Gasteiger partial charge < -0.3 is 19.9 Å². The van der Waals surface area contributed by atoms with Crippen LogP contribution in [0.1, 0.15) is 37.6 Å². The van der Waals surface area contributed by atoms with Gasteiger partial charge in [-0.05, 0) is 23.3 Å². The van der Waals surface area contributed by atoms with Crippen molar-refractivity contribution in [3.8, 4) is 0 Å². The molecule has 1 unspecified atom stereocenters. The molecule has 0 saturated carbocycles. The molecule has 0 aliphatic carbocycles. The first kappa shape index (κ1) is 25.3. The highest BCUT2D eigenvalue weighted by Gasteiger charge is 2.33. The third-order valence-corrected chi connectivity index (χ3v) is 5.83. The molecule has 3 rings (SSSR count). The van der Waals surface area contributed by atoms with Crippen molar-refractivity contribution in [2.75, 3.05) is 7.11 Å². The van der Waals surface area contributed by atoms with Gasteiger partial charge in [-0.15, -0.1) is 0 Å². The normalized spacial score (nSPS) is 12.3. The average Bonchev–Trinajstić information content (AvgIpc) is 3.11. The van der Waals surface area contributed by atoms with Crippen LogP contribution in [0.2, 0.25) is 0 Å². The minimum absolute atomic E-state index is 0.0259. The van der Waals surface area contributed by atoms with Crippen LogP contribution in [0, 0.1) is 0 Å². The van der Waals surface area contributed by atoms with Gasteiger partial charge in [0, 0.05) is 27.4 Å². The lowest BCUT2D eigenvalue weighted by Crippen LogP contribution is -2.43. The van der Waals surface area contributed by atoms with Crippen molar-refractivity contribution in [2.24, 2.45) is 0 Å². The predicted molar refractivity (Wildman–Crippen MR) is 131 cm³/mol. The molecule has 0 aliphatic heterocycles. The highest BCUT2D eigenvalue weighted by molar-refractivity contribution is 9.10. The van der Waals surface area contributed by atoms with Crippen molar-refractivity contribution in [2.45, 2.75) is 45.3 Å². The molecule has 0 spiro atoms. The fourth-order valence-corrected chi connectivity index (χ4v) is 4.32. The van der Waals surface area contributed by atoms with E-state index in [0.717, 1.165) is 10.0 Å². The van der Waals surface area contributed by atoms with Gasteiger partial charge >= 0.3 is 18.2 Å². The van der Waals surface area contributed by atoms with Crippen molar-refractivity contribution in [3.05, 3.63) is 69.8 Å². The summed E-state index contributed by atoms with van der Waals surface area (Å²) < 4.78 is 12.1. The number of amides is 1. The Morgan fingerprint density at radius 2 is 1.79 bits per heavy atom. The molecule has 1 heterocycles. The number of carbonyl (C=O) groups is 3. The van der Waals surface area contributed by atoms with Gasteiger partial charge in [0.1, 0.15) is 12.6 Å². The minimum Gasteiger partial charge on any atom is -0.467 e. The van der Waals surface area contributed by atoms with Crippen LogP contribution in [-0.2, 0) is 32.7 Å². The van der Waals surface area contributed by atoms with Gasteiger partial charge in [-0.25, -0.2) is 19.0 Å². The minimum atomic E-state index is -1.14. The Balaban J connectivity index is 1.98. The number of alkyl carbamates (subject to hydrolysis) is 1. The van der Waals surface area contributed by atoms with E-state index in [1.807, 2.05) is 51.1 Å². The topological polar surface area (TPSA) is 107 Å². The van der Waals surface area contributed by atoms with Crippen LogP contribution in [-0.4, -0.2) is 41.0 Å². The zero-order valence-electron chi connectivity index (χ0n) is 19.4. The van der Waals surface area contributed by atoms with E-state index in [4.69, 9.17) is 9.47 Å². The first-order valence-electron chi connectivity index (χ1n) is 10.6. The highest BCUT2D eigenvalue weighted by Crippen LogP contribution is 2.36. The number of carbonyl (C=O) groups excluding carboxylic acids is 2. The van der Waals surface area contributed by atoms with Crippen LogP contribution in [0.4, 0.5) is 9.59 Å². The fourth-order valence-electron chi connectivity index (χ4n) is 3.97. The van der Waals surface area contributed by atoms with E-state index < -0.39 is 29.6 Å². The van der Waals surface area contributed by atoms with Crippen molar-refractivity contribution in [1.82, 2.24) is 9.88 Å². The quantitative estimate of drug-likeness (QED) is 0.422. The smallest absolute Gasteiger partial charge is 0.416 e. The molecule has 0 bridgehead atoms. The van der Waals surface area contributed by atoms with Gasteiger partial charge in [0.25, 0.3) is 0 Å². The second-order valence-corrected chi connectivity index (χ2v) is 9.76. The Kier molecular flexibility index (Phi) is 7.66. The van der Waals surface area contributed by atoms with Crippen LogP contribution < -0.4 is 5.32 Å². The number of halogens is 1. The Labute approximate surface area is 206 Å². The monoisotopic (exact) mass is 530 g/mol. The molecule has 0 fully saturated rings. The number of fused-ring (bicyclic) bond motifs is 1. The summed E-state index contributed by atoms with van der Waals surface area (Å²) in [4.78, 5) is 37.3. The van der Waals surface area contributed by atoms with Crippen molar-refractivity contribution in [1.29, 1.82) is 0 Å². The van der Waals surface area contributed by atoms with E-state index in [1.165, 1.54) is 11.7 Å². The Morgan fingerprint density at radius 1 is 1.12 bits per heavy atom. The number of hydrogen-bond acceptors (Lipinski definition) is 5. The Morgan fingerprint density at radius 3 is 2.38 bits per heavy atom. The second kappa shape index (κ2) is 10.3. The molecule has 2 aromatic carbocycles. The number of hydrogen-bond donors (Lipinski definition) is 2. The SMILES string of the molecule is COC(=O)C(Cc1c(C(C)(C)C)n(C(=O)O)c2cc(Br)ccc12)NC(=O)OCc1ccccc1. The van der Waals surface area contributed by atoms with E-state index in [1.54, 1.807) is 18.2 Å². The number of benzene rings is 2. The van der Waals surface area contributed by atoms with Crippen molar-refractivity contribution < 1.29 is 29.0 Å². The first-order valence-corrected chi connectivity index (χ1v) is 11.4. The van der Waals surface area contributed by atoms with Crippen molar-refractivity contribution >= 4 is 45.0 Å². The van der Waals surface area contributed by atoms with Gasteiger partial charge in [-0.1, -0.05) is 73.1 Å². The predicted octanol–water partition coefficient (Wildman–Crippen LogP) is 5.24. The average molecular weight is 531 g/mol. The molecule has 0 radical (unpaired) electrons. The lowest BCUT2D eigenvalue weighted by molar-refractivity contribution is -0.143. The summed E-state index contributed by atoms with van der Waals surface area (Å²) in [6, 6.07) is 13.4. The molecule has 180 valence electrons. The molecule has 1 aromatic heterocycles. The summed E-state index contributed by atoms with van der Waals surface area (Å²) in [7, 11) is 1.23. The summed E-state index contributed by atoms with van der Waals surface area (Å²) in [5.41, 5.74) is 1.88. The summed E-state index contributed by atoms with van der Waals surface area (Å²) in [5, 5.41) is 13.3. The van der Waals surface area contributed by atoms with Gasteiger partial charge in [-0.2, -0.15) is 0 Å². The number of nitrogens with zero attached hydrogens (tertiary/aromatic N) is 1. The standard InChI is InChI=1S/C25H27BrN2O6/c1-25(2,3)21-18(17-11-10-16(26)12-20(17)28(21)24(31)32)13-19(22(29)33-4)27-23(30)34-14-15-8-6-5-7-9-15/h5-12,19H,13-14H2,1-4H3,(H,27,30)(H,31,32). The van der Waals surface area contributed by atoms with Gasteiger partial charge in [-0.3, -0.25) is 0 Å². The number of aromatic nitrogens is 1. The molecule has 1 amide bonds. The maximum atomic E-state index is 12.6. The molecule has 9 heteroatoms. The molecule has 2 N–H and O–H groups in total. The highest BCUT2D eigenvalue weighted by atomic mass is 79.9. The largest absolute Gasteiger partial charge is 0.467 e. The molecule has 0 aliphatic rings. The zero-order valence-corrected chi connectivity index (χ0v) is 21.0. The Bertz CT molecular complexity index is 1210. The molecule has 1 atom stereocenters. The number of rotatable bonds is 6. The third-order valence-electron chi connectivity index (χ3n) is 5.34. The van der Waals surface area contributed by atoms with E-state index in [9.17, 15) is 19.5 Å². The third kappa shape index (κ3) is 5.59. The lowest BCUT2D eigenvalue weighted by Gasteiger charge is -2.24. The summed E-state index contributed by atoms with van der Waals surface area (Å²) in [6.07, 6.45) is -1.89. The van der Waals surface area contributed by atoms with Crippen LogP contribution in [0.3, 0.4) is 0 Å². The maximum Gasteiger partial charge on any atom is 0.416 e. The molecule has 34 heavy (non-hydrogen) atoms. The van der Waals surface area contributed by atoms with E-state index in [0.29, 0.717) is 22.2 Å². The number of ether oxygens (including phenoxy) is 2. The van der Waals surface area contributed by atoms with E-state index in [-0.39, 0.29) is 13.0 Å². The van der Waals surface area contributed by atoms with E-state index >= 15 is 0 Å². The number of carboxylic acid groups (broad SMARTS) is 1.